The maximum Gasteiger partial charge on any atom is 0.247 e. The summed E-state index contributed by atoms with van der Waals surface area (Å²) in [4.78, 5) is 12.6. The maximum atomic E-state index is 12.6. The Morgan fingerprint density at radius 1 is 1.32 bits per heavy atom. The van der Waals surface area contributed by atoms with Gasteiger partial charge in [0.25, 0.3) is 0 Å². The van der Waals surface area contributed by atoms with Gasteiger partial charge in [0.05, 0.1) is 17.1 Å². The third-order valence-electron chi connectivity index (χ3n) is 3.78. The lowest BCUT2D eigenvalue weighted by molar-refractivity contribution is 0.767. The molecule has 3 aromatic rings. The molecule has 2 aromatic heterocycles. The third kappa shape index (κ3) is 2.44. The zero-order valence-electron chi connectivity index (χ0n) is 12.9. The van der Waals surface area contributed by atoms with Crippen molar-refractivity contribution in [3.63, 3.8) is 0 Å². The van der Waals surface area contributed by atoms with E-state index in [4.69, 9.17) is 0 Å². The van der Waals surface area contributed by atoms with Crippen molar-refractivity contribution in [1.29, 1.82) is 0 Å². The fourth-order valence-corrected chi connectivity index (χ4v) is 2.57. The van der Waals surface area contributed by atoms with E-state index in [1.54, 1.807) is 15.4 Å². The molecule has 0 radical (unpaired) electrons. The van der Waals surface area contributed by atoms with Gasteiger partial charge in [0, 0.05) is 24.5 Å². The van der Waals surface area contributed by atoms with Crippen LogP contribution in [0.1, 0.15) is 23.7 Å². The number of fused-ring (bicyclic) bond motifs is 1. The Morgan fingerprint density at radius 3 is 2.82 bits per heavy atom. The average molecular weight is 289 g/mol. The minimum Gasteiger partial charge on any atom is -0.364 e. The molecule has 0 amide bonds. The van der Waals surface area contributed by atoms with Crippen LogP contribution in [0.25, 0.3) is 10.8 Å². The Bertz CT molecular complexity index is 973. The minimum absolute atomic E-state index is 0.00503. The first kappa shape index (κ1) is 14.2. The second kappa shape index (κ2) is 5.57. The van der Waals surface area contributed by atoms with Crippen LogP contribution in [-0.2, 0) is 13.5 Å². The molecular weight excluding hydrogens is 273 g/mol. The molecule has 5 heteroatoms. The summed E-state index contributed by atoms with van der Waals surface area (Å²) in [6.07, 6.45) is 4.39. The van der Waals surface area contributed by atoms with Crippen LogP contribution in [0.4, 0.5) is 0 Å². The van der Waals surface area contributed by atoms with Crippen molar-refractivity contribution < 1.29 is 0 Å². The SMILES string of the molecule is Bn1c(CC)cc2cccc(C#Cc3cnn(C)c3)c2c1=O. The molecule has 0 aliphatic heterocycles. The van der Waals surface area contributed by atoms with Gasteiger partial charge in [0.15, 0.2) is 0 Å². The molecule has 2 heterocycles. The van der Waals surface area contributed by atoms with Gasteiger partial charge in [-0.3, -0.25) is 9.48 Å². The Labute approximate surface area is 129 Å². The Balaban J connectivity index is 2.21. The zero-order chi connectivity index (χ0) is 15.7. The second-order valence-corrected chi connectivity index (χ2v) is 5.28. The number of benzene rings is 1. The number of pyridine rings is 1. The van der Waals surface area contributed by atoms with Crippen LogP contribution < -0.4 is 5.56 Å². The van der Waals surface area contributed by atoms with E-state index in [9.17, 15) is 4.79 Å². The lowest BCUT2D eigenvalue weighted by atomic mass is 10.0. The van der Waals surface area contributed by atoms with Gasteiger partial charge in [0.1, 0.15) is 0 Å². The van der Waals surface area contributed by atoms with Crippen molar-refractivity contribution in [1.82, 2.24) is 14.3 Å². The van der Waals surface area contributed by atoms with Gasteiger partial charge in [-0.05, 0) is 23.9 Å². The van der Waals surface area contributed by atoms with Crippen LogP contribution in [0, 0.1) is 11.8 Å². The van der Waals surface area contributed by atoms with Crippen LogP contribution in [0.3, 0.4) is 0 Å². The van der Waals surface area contributed by atoms with E-state index in [2.05, 4.69) is 23.0 Å². The molecule has 0 saturated carbocycles. The van der Waals surface area contributed by atoms with E-state index in [-0.39, 0.29) is 5.56 Å². The standard InChI is InChI=1S/C17H16BN3O/c1-3-15-9-14-6-4-5-13(16(14)17(22)21(15)18)8-7-12-10-19-20(2)11-12/h4-6,9-11H,3,18H2,1-2H3. The number of aromatic nitrogens is 3. The molecule has 0 atom stereocenters. The Morgan fingerprint density at radius 2 is 2.14 bits per heavy atom. The molecular formula is C17H16BN3O. The van der Waals surface area contributed by atoms with Crippen LogP contribution in [0.15, 0.2) is 41.5 Å². The highest BCUT2D eigenvalue weighted by atomic mass is 16.1. The molecule has 0 spiro atoms. The van der Waals surface area contributed by atoms with Crippen molar-refractivity contribution >= 4 is 18.8 Å². The van der Waals surface area contributed by atoms with Crippen molar-refractivity contribution in [2.45, 2.75) is 13.3 Å². The summed E-state index contributed by atoms with van der Waals surface area (Å²) >= 11 is 0. The third-order valence-corrected chi connectivity index (χ3v) is 3.78. The van der Waals surface area contributed by atoms with Crippen LogP contribution in [0.5, 0.6) is 0 Å². The molecule has 0 aliphatic carbocycles. The maximum absolute atomic E-state index is 12.6. The molecule has 0 bridgehead atoms. The monoisotopic (exact) mass is 289 g/mol. The summed E-state index contributed by atoms with van der Waals surface area (Å²) in [5, 5.41) is 5.72. The van der Waals surface area contributed by atoms with Crippen LogP contribution in [0.2, 0.25) is 0 Å². The molecule has 108 valence electrons. The summed E-state index contributed by atoms with van der Waals surface area (Å²) in [5.74, 6) is 6.17. The highest BCUT2D eigenvalue weighted by Crippen LogP contribution is 2.16. The number of nitrogens with zero attached hydrogens (tertiary/aromatic N) is 3. The van der Waals surface area contributed by atoms with Crippen molar-refractivity contribution in [2.24, 2.45) is 7.05 Å². The van der Waals surface area contributed by atoms with Crippen LogP contribution >= 0.6 is 0 Å². The summed E-state index contributed by atoms with van der Waals surface area (Å²) in [5.41, 5.74) is 2.62. The van der Waals surface area contributed by atoms with Gasteiger partial charge in [-0.25, -0.2) is 0 Å². The predicted molar refractivity (Wildman–Crippen MR) is 90.7 cm³/mol. The number of hydrogen-bond acceptors (Lipinski definition) is 2. The Hall–Kier alpha value is -2.74. The molecule has 4 nitrogen and oxygen atoms in total. The highest BCUT2D eigenvalue weighted by molar-refractivity contribution is 6.08. The molecule has 3 rings (SSSR count). The first-order valence-electron chi connectivity index (χ1n) is 7.22. The Kier molecular flexibility index (Phi) is 3.60. The van der Waals surface area contributed by atoms with E-state index >= 15 is 0 Å². The van der Waals surface area contributed by atoms with E-state index in [0.717, 1.165) is 28.6 Å². The fourth-order valence-electron chi connectivity index (χ4n) is 2.57. The lowest BCUT2D eigenvalue weighted by Gasteiger charge is -2.09. The van der Waals surface area contributed by atoms with Crippen molar-refractivity contribution in [2.75, 3.05) is 0 Å². The normalized spacial score (nSPS) is 10.5. The average Bonchev–Trinajstić information content (AvgIpc) is 2.94. The minimum atomic E-state index is 0.00503. The van der Waals surface area contributed by atoms with E-state index in [0.29, 0.717) is 5.39 Å². The van der Waals surface area contributed by atoms with E-state index in [1.165, 1.54) is 0 Å². The van der Waals surface area contributed by atoms with E-state index in [1.807, 2.05) is 46.3 Å². The summed E-state index contributed by atoms with van der Waals surface area (Å²) in [6.45, 7) is 2.05. The largest absolute Gasteiger partial charge is 0.364 e. The summed E-state index contributed by atoms with van der Waals surface area (Å²) in [6, 6.07) is 7.85. The first-order valence-corrected chi connectivity index (χ1v) is 7.22. The predicted octanol–water partition coefficient (Wildman–Crippen LogP) is 1.09. The topological polar surface area (TPSA) is 39.8 Å². The van der Waals surface area contributed by atoms with Gasteiger partial charge < -0.3 is 4.48 Å². The molecule has 0 aliphatic rings. The summed E-state index contributed by atoms with van der Waals surface area (Å²) in [7, 11) is 3.66. The molecule has 0 saturated heterocycles. The van der Waals surface area contributed by atoms with Gasteiger partial charge in [-0.1, -0.05) is 30.9 Å². The number of hydrogen-bond donors (Lipinski definition) is 0. The van der Waals surface area contributed by atoms with Gasteiger partial charge in [-0.15, -0.1) is 0 Å². The van der Waals surface area contributed by atoms with Gasteiger partial charge >= 0.3 is 0 Å². The van der Waals surface area contributed by atoms with Crippen molar-refractivity contribution in [3.8, 4) is 11.8 Å². The van der Waals surface area contributed by atoms with Gasteiger partial charge in [-0.2, -0.15) is 5.10 Å². The fraction of sp³-hybridized carbons (Fsp3) is 0.176. The molecule has 1 aromatic carbocycles. The number of rotatable bonds is 1. The second-order valence-electron chi connectivity index (χ2n) is 5.28. The molecule has 0 unspecified atom stereocenters. The highest BCUT2D eigenvalue weighted by Gasteiger charge is 2.08. The summed E-state index contributed by atoms with van der Waals surface area (Å²) < 4.78 is 3.41. The smallest absolute Gasteiger partial charge is 0.247 e. The van der Waals surface area contributed by atoms with Crippen molar-refractivity contribution in [3.05, 3.63) is 63.8 Å². The molecule has 0 N–H and O–H groups in total. The first-order chi connectivity index (χ1) is 10.6. The van der Waals surface area contributed by atoms with Gasteiger partial charge in [0.2, 0.25) is 13.5 Å². The van der Waals surface area contributed by atoms with Crippen LogP contribution in [-0.4, -0.2) is 22.2 Å². The molecule has 0 fully saturated rings. The van der Waals surface area contributed by atoms with E-state index < -0.39 is 0 Å². The molecule has 22 heavy (non-hydrogen) atoms. The lowest BCUT2D eigenvalue weighted by Crippen LogP contribution is -2.22. The number of aryl methyl sites for hydroxylation is 2. The zero-order valence-corrected chi connectivity index (χ0v) is 12.9. The quantitative estimate of drug-likeness (QED) is 0.497.